The second-order valence-corrected chi connectivity index (χ2v) is 7.00. The number of nitrogens with one attached hydrogen (secondary N) is 2. The molecule has 0 aliphatic heterocycles. The highest BCUT2D eigenvalue weighted by molar-refractivity contribution is 5.92. The largest absolute Gasteiger partial charge is 0.349 e. The van der Waals surface area contributed by atoms with E-state index < -0.39 is 0 Å². The molecule has 28 heavy (non-hydrogen) atoms. The highest BCUT2D eigenvalue weighted by Gasteiger charge is 2.15. The van der Waals surface area contributed by atoms with Gasteiger partial charge in [0.1, 0.15) is 12.4 Å². The average molecular weight is 378 g/mol. The van der Waals surface area contributed by atoms with Crippen LogP contribution < -0.4 is 10.6 Å². The van der Waals surface area contributed by atoms with Gasteiger partial charge in [0.05, 0.1) is 17.6 Å². The van der Waals surface area contributed by atoms with Crippen LogP contribution in [0.2, 0.25) is 0 Å². The van der Waals surface area contributed by atoms with Crippen molar-refractivity contribution >= 4 is 28.5 Å². The maximum absolute atomic E-state index is 12.7. The van der Waals surface area contributed by atoms with Crippen LogP contribution in [-0.4, -0.2) is 21.4 Å². The van der Waals surface area contributed by atoms with Crippen molar-refractivity contribution in [3.63, 3.8) is 0 Å². The van der Waals surface area contributed by atoms with Crippen molar-refractivity contribution in [3.05, 3.63) is 59.4 Å². The van der Waals surface area contributed by atoms with Gasteiger partial charge < -0.3 is 15.2 Å². The molecule has 1 aromatic heterocycles. The summed E-state index contributed by atoms with van der Waals surface area (Å²) in [5.74, 6) is 0.528. The Morgan fingerprint density at radius 3 is 2.64 bits per heavy atom. The maximum atomic E-state index is 12.7. The Hall–Kier alpha value is -3.15. The van der Waals surface area contributed by atoms with Gasteiger partial charge in [-0.3, -0.25) is 9.59 Å². The molecule has 0 saturated heterocycles. The Morgan fingerprint density at radius 2 is 1.86 bits per heavy atom. The van der Waals surface area contributed by atoms with E-state index in [1.165, 1.54) is 0 Å². The van der Waals surface area contributed by atoms with Crippen LogP contribution in [0.15, 0.2) is 42.5 Å². The number of rotatable bonds is 7. The van der Waals surface area contributed by atoms with E-state index in [0.29, 0.717) is 18.8 Å². The van der Waals surface area contributed by atoms with Gasteiger partial charge in [-0.05, 0) is 49.6 Å². The molecule has 0 unspecified atom stereocenters. The molecule has 0 aliphatic rings. The van der Waals surface area contributed by atoms with E-state index in [-0.39, 0.29) is 18.4 Å². The minimum Gasteiger partial charge on any atom is -0.349 e. The second kappa shape index (κ2) is 8.69. The fourth-order valence-electron chi connectivity index (χ4n) is 3.13. The van der Waals surface area contributed by atoms with Crippen LogP contribution in [0.4, 0.5) is 5.69 Å². The molecule has 0 aliphatic carbocycles. The number of anilines is 1. The van der Waals surface area contributed by atoms with E-state index in [0.717, 1.165) is 34.3 Å². The second-order valence-electron chi connectivity index (χ2n) is 7.00. The zero-order valence-corrected chi connectivity index (χ0v) is 16.6. The number of imidazole rings is 1. The van der Waals surface area contributed by atoms with Crippen molar-refractivity contribution in [2.24, 2.45) is 0 Å². The summed E-state index contributed by atoms with van der Waals surface area (Å²) in [5, 5.41) is 5.88. The van der Waals surface area contributed by atoms with Crippen molar-refractivity contribution in [2.75, 3.05) is 5.32 Å². The third-order valence-corrected chi connectivity index (χ3v) is 4.62. The molecule has 146 valence electrons. The van der Waals surface area contributed by atoms with Crippen molar-refractivity contribution in [1.29, 1.82) is 0 Å². The summed E-state index contributed by atoms with van der Waals surface area (Å²) in [6.45, 7) is 6.36. The summed E-state index contributed by atoms with van der Waals surface area (Å²) in [6, 6.07) is 13.7. The minimum atomic E-state index is -0.127. The molecule has 0 fully saturated rings. The Bertz CT molecular complexity index is 1010. The van der Waals surface area contributed by atoms with Gasteiger partial charge in [-0.25, -0.2) is 4.98 Å². The zero-order chi connectivity index (χ0) is 20.1. The molecule has 0 spiro atoms. The van der Waals surface area contributed by atoms with Gasteiger partial charge in [-0.1, -0.05) is 31.2 Å². The molecule has 1 heterocycles. The highest BCUT2D eigenvalue weighted by atomic mass is 16.2. The van der Waals surface area contributed by atoms with E-state index in [1.807, 2.05) is 67.8 Å². The SMILES string of the molecule is CCCC(=O)NCc1nc2ccccc2n1CC(=O)Nc1cc(C)ccc1C. The normalized spacial score (nSPS) is 10.8. The van der Waals surface area contributed by atoms with Gasteiger partial charge in [0.25, 0.3) is 0 Å². The van der Waals surface area contributed by atoms with E-state index >= 15 is 0 Å². The number of hydrogen-bond donors (Lipinski definition) is 2. The highest BCUT2D eigenvalue weighted by Crippen LogP contribution is 2.19. The van der Waals surface area contributed by atoms with E-state index in [1.54, 1.807) is 0 Å². The third kappa shape index (κ3) is 4.57. The van der Waals surface area contributed by atoms with Gasteiger partial charge >= 0.3 is 0 Å². The first-order valence-corrected chi connectivity index (χ1v) is 9.56. The predicted octanol–water partition coefficient (Wildman–Crippen LogP) is 3.71. The topological polar surface area (TPSA) is 76.0 Å². The molecule has 0 radical (unpaired) electrons. The lowest BCUT2D eigenvalue weighted by molar-refractivity contribution is -0.121. The summed E-state index contributed by atoms with van der Waals surface area (Å²) in [6.07, 6.45) is 1.27. The van der Waals surface area contributed by atoms with Gasteiger partial charge in [-0.15, -0.1) is 0 Å². The first-order chi connectivity index (χ1) is 13.5. The number of nitrogens with zero attached hydrogens (tertiary/aromatic N) is 2. The fourth-order valence-corrected chi connectivity index (χ4v) is 3.13. The number of carbonyl (C=O) groups is 2. The van der Waals surface area contributed by atoms with Gasteiger partial charge in [0.2, 0.25) is 11.8 Å². The van der Waals surface area contributed by atoms with Crippen LogP contribution in [0.25, 0.3) is 11.0 Å². The summed E-state index contributed by atoms with van der Waals surface area (Å²) in [7, 11) is 0. The summed E-state index contributed by atoms with van der Waals surface area (Å²) in [5.41, 5.74) is 4.60. The number of aryl methyl sites for hydroxylation is 2. The predicted molar refractivity (Wildman–Crippen MR) is 111 cm³/mol. The molecule has 0 bridgehead atoms. The average Bonchev–Trinajstić information content (AvgIpc) is 3.01. The fraction of sp³-hybridized carbons (Fsp3) is 0.318. The third-order valence-electron chi connectivity index (χ3n) is 4.62. The summed E-state index contributed by atoms with van der Waals surface area (Å²) >= 11 is 0. The maximum Gasteiger partial charge on any atom is 0.244 e. The zero-order valence-electron chi connectivity index (χ0n) is 16.6. The molecule has 2 N–H and O–H groups in total. The molecule has 2 amide bonds. The van der Waals surface area contributed by atoms with Gasteiger partial charge in [0, 0.05) is 12.1 Å². The Balaban J connectivity index is 1.82. The molecule has 6 heteroatoms. The van der Waals surface area contributed by atoms with Crippen molar-refractivity contribution < 1.29 is 9.59 Å². The van der Waals surface area contributed by atoms with Crippen molar-refractivity contribution in [2.45, 2.75) is 46.7 Å². The number of fused-ring (bicyclic) bond motifs is 1. The standard InChI is InChI=1S/C22H26N4O2/c1-4-7-21(27)23-13-20-24-17-8-5-6-9-19(17)26(20)14-22(28)25-18-12-15(2)10-11-16(18)3/h5-6,8-12H,4,7,13-14H2,1-3H3,(H,23,27)(H,25,28). The van der Waals surface area contributed by atoms with Crippen LogP contribution in [0.1, 0.15) is 36.7 Å². The Kier molecular flexibility index (Phi) is 6.09. The lowest BCUT2D eigenvalue weighted by Gasteiger charge is -2.12. The van der Waals surface area contributed by atoms with E-state index in [4.69, 9.17) is 0 Å². The molecule has 6 nitrogen and oxygen atoms in total. The number of hydrogen-bond acceptors (Lipinski definition) is 3. The first-order valence-electron chi connectivity index (χ1n) is 9.56. The smallest absolute Gasteiger partial charge is 0.244 e. The molecule has 3 aromatic rings. The molecule has 2 aromatic carbocycles. The lowest BCUT2D eigenvalue weighted by atomic mass is 10.1. The number of aromatic nitrogens is 2. The quantitative estimate of drug-likeness (QED) is 0.658. The molecular weight excluding hydrogens is 352 g/mol. The first kappa shape index (κ1) is 19.6. The van der Waals surface area contributed by atoms with Crippen LogP contribution in [-0.2, 0) is 22.7 Å². The molecular formula is C22H26N4O2. The number of benzene rings is 2. The summed E-state index contributed by atoms with van der Waals surface area (Å²) in [4.78, 5) is 29.2. The monoisotopic (exact) mass is 378 g/mol. The minimum absolute atomic E-state index is 0.0130. The number of para-hydroxylation sites is 2. The number of amides is 2. The van der Waals surface area contributed by atoms with Gasteiger partial charge in [-0.2, -0.15) is 0 Å². The Morgan fingerprint density at radius 1 is 1.07 bits per heavy atom. The van der Waals surface area contributed by atoms with E-state index in [2.05, 4.69) is 15.6 Å². The lowest BCUT2D eigenvalue weighted by Crippen LogP contribution is -2.26. The molecule has 3 rings (SSSR count). The van der Waals surface area contributed by atoms with Gasteiger partial charge in [0.15, 0.2) is 0 Å². The van der Waals surface area contributed by atoms with Crippen molar-refractivity contribution in [3.8, 4) is 0 Å². The molecule has 0 saturated carbocycles. The van der Waals surface area contributed by atoms with Crippen LogP contribution in [0.3, 0.4) is 0 Å². The molecule has 0 atom stereocenters. The van der Waals surface area contributed by atoms with Crippen LogP contribution >= 0.6 is 0 Å². The van der Waals surface area contributed by atoms with E-state index in [9.17, 15) is 9.59 Å². The summed E-state index contributed by atoms with van der Waals surface area (Å²) < 4.78 is 1.86. The number of carbonyl (C=O) groups excluding carboxylic acids is 2. The van der Waals surface area contributed by atoms with Crippen molar-refractivity contribution in [1.82, 2.24) is 14.9 Å². The Labute approximate surface area is 165 Å². The van der Waals surface area contributed by atoms with Crippen LogP contribution in [0.5, 0.6) is 0 Å². The van der Waals surface area contributed by atoms with Crippen LogP contribution in [0, 0.1) is 13.8 Å².